The van der Waals surface area contributed by atoms with Gasteiger partial charge < -0.3 is 29.9 Å². The number of piperazine rings is 1. The van der Waals surface area contributed by atoms with Gasteiger partial charge >= 0.3 is 0 Å². The van der Waals surface area contributed by atoms with Gasteiger partial charge in [-0.25, -0.2) is 0 Å². The number of carbonyl (C=O) groups is 2. The maximum Gasteiger partial charge on any atom is 0.258 e. The van der Waals surface area contributed by atoms with Crippen LogP contribution >= 0.6 is 15.9 Å². The Morgan fingerprint density at radius 2 is 1.73 bits per heavy atom. The summed E-state index contributed by atoms with van der Waals surface area (Å²) >= 11 is 3.51. The van der Waals surface area contributed by atoms with Crippen LogP contribution in [0, 0.1) is 0 Å². The van der Waals surface area contributed by atoms with Crippen molar-refractivity contribution in [2.45, 2.75) is 37.7 Å². The number of fused-ring (bicyclic) bond motifs is 1. The largest absolute Gasteiger partial charge is 0.496 e. The van der Waals surface area contributed by atoms with E-state index >= 15 is 0 Å². The molecule has 2 aromatic carbocycles. The molecule has 2 unspecified atom stereocenters. The zero-order valence-corrected chi connectivity index (χ0v) is 22.5. The van der Waals surface area contributed by atoms with Crippen LogP contribution in [0.25, 0.3) is 0 Å². The van der Waals surface area contributed by atoms with Crippen LogP contribution in [-0.4, -0.2) is 91.4 Å². The van der Waals surface area contributed by atoms with Crippen LogP contribution in [0.3, 0.4) is 0 Å². The van der Waals surface area contributed by atoms with Crippen molar-refractivity contribution in [2.75, 3.05) is 56.2 Å². The van der Waals surface area contributed by atoms with Gasteiger partial charge in [0.05, 0.1) is 18.7 Å². The number of nitrogens with one attached hydrogen (secondary N) is 1. The summed E-state index contributed by atoms with van der Waals surface area (Å²) in [5.74, 6) is 0.236. The Balaban J connectivity index is 1.09. The number of aliphatic hydroxyl groups is 1. The third kappa shape index (κ3) is 4.55. The fourth-order valence-corrected chi connectivity index (χ4v) is 6.29. The van der Waals surface area contributed by atoms with E-state index < -0.39 is 12.3 Å². The molecular formula is C27H32BrN5O4. The first-order chi connectivity index (χ1) is 17.9. The van der Waals surface area contributed by atoms with Gasteiger partial charge in [0.1, 0.15) is 12.0 Å². The monoisotopic (exact) mass is 569 g/mol. The molecule has 37 heavy (non-hydrogen) atoms. The van der Waals surface area contributed by atoms with Gasteiger partial charge in [0, 0.05) is 80.2 Å². The maximum atomic E-state index is 13.3. The van der Waals surface area contributed by atoms with Crippen LogP contribution in [0.15, 0.2) is 40.9 Å². The number of amides is 2. The number of benzene rings is 2. The lowest BCUT2D eigenvalue weighted by molar-refractivity contribution is -0.129. The van der Waals surface area contributed by atoms with Crippen molar-refractivity contribution < 1.29 is 19.4 Å². The molecule has 3 fully saturated rings. The van der Waals surface area contributed by atoms with E-state index in [1.165, 1.54) is 5.69 Å². The van der Waals surface area contributed by atoms with Gasteiger partial charge in [0.25, 0.3) is 5.91 Å². The van der Waals surface area contributed by atoms with Gasteiger partial charge in [-0.1, -0.05) is 15.9 Å². The molecule has 4 aliphatic heterocycles. The highest BCUT2D eigenvalue weighted by Crippen LogP contribution is 2.39. The molecule has 0 saturated carbocycles. The Morgan fingerprint density at radius 1 is 1.00 bits per heavy atom. The van der Waals surface area contributed by atoms with Gasteiger partial charge in [0.15, 0.2) is 0 Å². The summed E-state index contributed by atoms with van der Waals surface area (Å²) in [4.78, 5) is 33.9. The third-order valence-electron chi connectivity index (χ3n) is 8.19. The summed E-state index contributed by atoms with van der Waals surface area (Å²) in [6.07, 6.45) is -0.299. The Hall–Kier alpha value is -2.82. The van der Waals surface area contributed by atoms with E-state index in [0.29, 0.717) is 36.7 Å². The number of ether oxygens (including phenoxy) is 1. The smallest absolute Gasteiger partial charge is 0.258 e. The van der Waals surface area contributed by atoms with Crippen LogP contribution < -0.4 is 19.9 Å². The fourth-order valence-electron chi connectivity index (χ4n) is 6.03. The number of nitrogens with zero attached hydrogens (tertiary/aromatic N) is 4. The predicted octanol–water partition coefficient (Wildman–Crippen LogP) is 2.02. The van der Waals surface area contributed by atoms with E-state index in [1.54, 1.807) is 12.0 Å². The Morgan fingerprint density at radius 3 is 2.41 bits per heavy atom. The molecule has 9 nitrogen and oxygen atoms in total. The third-order valence-corrected chi connectivity index (χ3v) is 8.72. The van der Waals surface area contributed by atoms with Gasteiger partial charge in [0.2, 0.25) is 5.91 Å². The number of hydrogen-bond acceptors (Lipinski definition) is 7. The number of halogens is 1. The quantitative estimate of drug-likeness (QED) is 0.569. The molecule has 2 aromatic rings. The molecule has 0 aliphatic carbocycles. The van der Waals surface area contributed by atoms with E-state index in [2.05, 4.69) is 66.3 Å². The molecule has 196 valence electrons. The van der Waals surface area contributed by atoms with Crippen molar-refractivity contribution >= 4 is 39.1 Å². The Kier molecular flexibility index (Phi) is 6.50. The molecule has 3 saturated heterocycles. The first-order valence-electron chi connectivity index (χ1n) is 12.9. The number of hydrogen-bond donors (Lipinski definition) is 2. The zero-order valence-electron chi connectivity index (χ0n) is 20.9. The van der Waals surface area contributed by atoms with Crippen molar-refractivity contribution in [2.24, 2.45) is 0 Å². The van der Waals surface area contributed by atoms with Crippen LogP contribution in [0.1, 0.15) is 28.8 Å². The van der Waals surface area contributed by atoms with Gasteiger partial charge in [-0.3, -0.25) is 14.5 Å². The summed E-state index contributed by atoms with van der Waals surface area (Å²) in [5.41, 5.74) is 3.81. The van der Waals surface area contributed by atoms with Crippen LogP contribution in [0.5, 0.6) is 5.75 Å². The number of methoxy groups -OCH3 is 1. The van der Waals surface area contributed by atoms with E-state index in [4.69, 9.17) is 4.74 Å². The lowest BCUT2D eigenvalue weighted by Gasteiger charge is -2.49. The molecule has 4 heterocycles. The number of rotatable bonds is 5. The van der Waals surface area contributed by atoms with Gasteiger partial charge in [-0.2, -0.15) is 0 Å². The number of aliphatic hydroxyl groups excluding tert-OH is 1. The molecule has 4 aliphatic rings. The molecule has 2 atom stereocenters. The summed E-state index contributed by atoms with van der Waals surface area (Å²) in [7, 11) is 1.59. The lowest BCUT2D eigenvalue weighted by Crippen LogP contribution is -2.63. The normalized spacial score (nSPS) is 24.7. The van der Waals surface area contributed by atoms with Crippen molar-refractivity contribution in [3.63, 3.8) is 0 Å². The van der Waals surface area contributed by atoms with E-state index in [1.807, 2.05) is 6.07 Å². The van der Waals surface area contributed by atoms with Gasteiger partial charge in [-0.15, -0.1) is 0 Å². The molecule has 10 heteroatoms. The summed E-state index contributed by atoms with van der Waals surface area (Å²) < 4.78 is 6.75. The summed E-state index contributed by atoms with van der Waals surface area (Å²) in [5, 5.41) is 12.9. The lowest BCUT2D eigenvalue weighted by atomic mass is 10.0. The van der Waals surface area contributed by atoms with Gasteiger partial charge in [-0.05, 0) is 42.3 Å². The second kappa shape index (κ2) is 9.81. The van der Waals surface area contributed by atoms with Crippen molar-refractivity contribution in [3.8, 4) is 5.75 Å². The average molecular weight is 570 g/mol. The fraction of sp³-hybridized carbons (Fsp3) is 0.481. The van der Waals surface area contributed by atoms with Crippen LogP contribution in [-0.2, 0) is 11.3 Å². The van der Waals surface area contributed by atoms with Crippen molar-refractivity contribution in [1.29, 1.82) is 0 Å². The number of carbonyl (C=O) groups excluding carboxylic acids is 2. The second-order valence-corrected chi connectivity index (χ2v) is 11.2. The molecule has 0 aromatic heterocycles. The van der Waals surface area contributed by atoms with Crippen molar-refractivity contribution in [1.82, 2.24) is 15.1 Å². The van der Waals surface area contributed by atoms with E-state index in [0.717, 1.165) is 55.0 Å². The maximum absolute atomic E-state index is 13.3. The first-order valence-corrected chi connectivity index (χ1v) is 13.7. The minimum Gasteiger partial charge on any atom is -0.496 e. The van der Waals surface area contributed by atoms with Crippen LogP contribution in [0.4, 0.5) is 11.4 Å². The highest BCUT2D eigenvalue weighted by Gasteiger charge is 2.41. The highest BCUT2D eigenvalue weighted by molar-refractivity contribution is 9.10. The molecule has 2 amide bonds. The number of anilines is 2. The van der Waals surface area contributed by atoms with Crippen molar-refractivity contribution in [3.05, 3.63) is 52.0 Å². The molecular weight excluding hydrogens is 538 g/mol. The molecule has 0 radical (unpaired) electrons. The Labute approximate surface area is 225 Å². The van der Waals surface area contributed by atoms with E-state index in [-0.39, 0.29) is 11.8 Å². The average Bonchev–Trinajstić information content (AvgIpc) is 3.19. The number of piperidine rings is 1. The molecule has 0 spiro atoms. The topological polar surface area (TPSA) is 88.6 Å². The zero-order chi connectivity index (χ0) is 25.7. The second-order valence-electron chi connectivity index (χ2n) is 10.3. The molecule has 6 rings (SSSR count). The Bertz CT molecular complexity index is 1190. The highest BCUT2D eigenvalue weighted by atomic mass is 79.9. The van der Waals surface area contributed by atoms with E-state index in [9.17, 15) is 14.7 Å². The minimum absolute atomic E-state index is 0.149. The molecule has 0 bridgehead atoms. The standard InChI is InChI=1S/C27H32BrN5O4/c1-37-23-13-20(12-17-14-33(27(36)25(17)23)22-6-7-24(34)29-26(22)35)32-15-21(16-32)31-10-8-30(9-11-31)19-4-2-18(28)3-5-19/h2-5,12-13,21-22,26,35H,6-11,14-16H2,1H3,(H,29,34). The summed E-state index contributed by atoms with van der Waals surface area (Å²) in [6, 6.07) is 12.7. The predicted molar refractivity (Wildman–Crippen MR) is 144 cm³/mol. The molecule has 2 N–H and O–H groups in total. The SMILES string of the molecule is COc1cc(N2CC(N3CCN(c4ccc(Br)cc4)CC3)C2)cc2c1C(=O)N(C1CCC(=O)NC1O)C2. The summed E-state index contributed by atoms with van der Waals surface area (Å²) in [6.45, 7) is 6.45. The van der Waals surface area contributed by atoms with Crippen LogP contribution in [0.2, 0.25) is 0 Å². The minimum atomic E-state index is -1.05. The first kappa shape index (κ1) is 24.5.